The molecule has 0 bridgehead atoms. The second-order valence-corrected chi connectivity index (χ2v) is 6.50. The van der Waals surface area contributed by atoms with E-state index in [0.29, 0.717) is 6.04 Å². The zero-order valence-electron chi connectivity index (χ0n) is 13.7. The topological polar surface area (TPSA) is 27.0 Å². The van der Waals surface area contributed by atoms with E-state index < -0.39 is 0 Å². The lowest BCUT2D eigenvalue weighted by Gasteiger charge is -2.28. The molecule has 0 amide bonds. The summed E-state index contributed by atoms with van der Waals surface area (Å²) in [5, 5.41) is 11.7. The van der Waals surface area contributed by atoms with Crippen LogP contribution in [0, 0.1) is 11.3 Å². The van der Waals surface area contributed by atoms with Crippen LogP contribution in [0.2, 0.25) is 0 Å². The molecule has 1 saturated heterocycles. The fourth-order valence-corrected chi connectivity index (χ4v) is 3.86. The first-order chi connectivity index (χ1) is 11.8. The molecule has 1 atom stereocenters. The molecule has 0 aliphatic carbocycles. The third kappa shape index (κ3) is 2.74. The van der Waals surface area contributed by atoms with E-state index in [9.17, 15) is 0 Å². The smallest absolute Gasteiger partial charge is 0.0991 e. The first-order valence-electron chi connectivity index (χ1n) is 8.58. The first kappa shape index (κ1) is 14.8. The lowest BCUT2D eigenvalue weighted by molar-refractivity contribution is 0.665. The quantitative estimate of drug-likeness (QED) is 0.686. The highest BCUT2D eigenvalue weighted by Gasteiger charge is 2.26. The first-order valence-corrected chi connectivity index (χ1v) is 8.58. The molecule has 0 spiro atoms. The van der Waals surface area contributed by atoms with Gasteiger partial charge in [0.2, 0.25) is 0 Å². The molecule has 1 unspecified atom stereocenters. The average molecular weight is 312 g/mol. The summed E-state index contributed by atoms with van der Waals surface area (Å²) >= 11 is 0. The molecule has 4 rings (SSSR count). The van der Waals surface area contributed by atoms with Crippen molar-refractivity contribution in [3.05, 3.63) is 77.9 Å². The van der Waals surface area contributed by atoms with Gasteiger partial charge < -0.3 is 4.90 Å². The number of benzene rings is 3. The van der Waals surface area contributed by atoms with Crippen LogP contribution in [0.25, 0.3) is 10.8 Å². The Labute approximate surface area is 143 Å². The van der Waals surface area contributed by atoms with Crippen LogP contribution in [0.1, 0.15) is 24.0 Å². The Morgan fingerprint density at radius 1 is 1.00 bits per heavy atom. The number of hydrogen-bond donors (Lipinski definition) is 0. The Morgan fingerprint density at radius 2 is 1.83 bits per heavy atom. The molecule has 2 nitrogen and oxygen atoms in total. The van der Waals surface area contributed by atoms with E-state index in [4.69, 9.17) is 5.26 Å². The Hall–Kier alpha value is -2.79. The molecule has 1 aliphatic heterocycles. The molecule has 0 N–H and O–H groups in total. The lowest BCUT2D eigenvalue weighted by Crippen LogP contribution is -2.31. The van der Waals surface area contributed by atoms with Crippen LogP contribution in [0.3, 0.4) is 0 Å². The normalized spacial score (nSPS) is 17.1. The van der Waals surface area contributed by atoms with Crippen molar-refractivity contribution in [1.29, 1.82) is 5.26 Å². The second kappa shape index (κ2) is 6.37. The lowest BCUT2D eigenvalue weighted by atomic mass is 10.0. The highest BCUT2D eigenvalue weighted by atomic mass is 15.2. The number of nitriles is 1. The summed E-state index contributed by atoms with van der Waals surface area (Å²) in [6, 6.07) is 26.0. The highest BCUT2D eigenvalue weighted by Crippen LogP contribution is 2.33. The summed E-state index contributed by atoms with van der Waals surface area (Å²) < 4.78 is 0. The van der Waals surface area contributed by atoms with Crippen LogP contribution in [-0.2, 0) is 6.42 Å². The van der Waals surface area contributed by atoms with E-state index in [1.807, 2.05) is 18.2 Å². The summed E-state index contributed by atoms with van der Waals surface area (Å²) in [7, 11) is 0. The van der Waals surface area contributed by atoms with Crippen LogP contribution in [0.4, 0.5) is 5.69 Å². The van der Waals surface area contributed by atoms with Crippen LogP contribution in [-0.4, -0.2) is 12.6 Å². The minimum Gasteiger partial charge on any atom is -0.368 e. The Kier molecular flexibility index (Phi) is 3.92. The molecule has 0 saturated carbocycles. The predicted molar refractivity (Wildman–Crippen MR) is 99.2 cm³/mol. The van der Waals surface area contributed by atoms with Gasteiger partial charge in [-0.2, -0.15) is 5.26 Å². The van der Waals surface area contributed by atoms with Crippen molar-refractivity contribution in [3.63, 3.8) is 0 Å². The minimum absolute atomic E-state index is 0.504. The van der Waals surface area contributed by atoms with Crippen LogP contribution in [0.5, 0.6) is 0 Å². The molecular formula is C22H20N2. The molecule has 3 aromatic rings. The molecule has 3 aromatic carbocycles. The third-order valence-corrected chi connectivity index (χ3v) is 4.98. The average Bonchev–Trinajstić information content (AvgIpc) is 3.09. The van der Waals surface area contributed by atoms with Crippen molar-refractivity contribution < 1.29 is 0 Å². The van der Waals surface area contributed by atoms with E-state index >= 15 is 0 Å². The van der Waals surface area contributed by atoms with E-state index in [2.05, 4.69) is 59.5 Å². The van der Waals surface area contributed by atoms with Crippen LogP contribution >= 0.6 is 0 Å². The molecule has 24 heavy (non-hydrogen) atoms. The summed E-state index contributed by atoms with van der Waals surface area (Å²) in [4.78, 5) is 2.56. The maximum absolute atomic E-state index is 9.11. The molecule has 2 heteroatoms. The summed E-state index contributed by atoms with van der Waals surface area (Å²) in [5.74, 6) is 0. The number of anilines is 1. The van der Waals surface area contributed by atoms with Gasteiger partial charge in [0, 0.05) is 23.7 Å². The van der Waals surface area contributed by atoms with Crippen LogP contribution in [0.15, 0.2) is 66.7 Å². The number of hydrogen-bond acceptors (Lipinski definition) is 2. The minimum atomic E-state index is 0.504. The van der Waals surface area contributed by atoms with Gasteiger partial charge in [0.1, 0.15) is 0 Å². The number of fused-ring (bicyclic) bond motifs is 1. The largest absolute Gasteiger partial charge is 0.368 e. The maximum atomic E-state index is 9.11. The second-order valence-electron chi connectivity index (χ2n) is 6.50. The van der Waals surface area contributed by atoms with Gasteiger partial charge in [0.15, 0.2) is 0 Å². The fourth-order valence-electron chi connectivity index (χ4n) is 3.86. The van der Waals surface area contributed by atoms with Gasteiger partial charge in [-0.1, -0.05) is 48.5 Å². The zero-order chi connectivity index (χ0) is 16.4. The monoisotopic (exact) mass is 312 g/mol. The number of nitrogens with zero attached hydrogens (tertiary/aromatic N) is 2. The van der Waals surface area contributed by atoms with Gasteiger partial charge in [-0.25, -0.2) is 0 Å². The molecule has 118 valence electrons. The van der Waals surface area contributed by atoms with Gasteiger partial charge in [-0.15, -0.1) is 0 Å². The van der Waals surface area contributed by atoms with Crippen molar-refractivity contribution in [2.45, 2.75) is 25.3 Å². The molecule has 1 heterocycles. The van der Waals surface area contributed by atoms with E-state index in [1.54, 1.807) is 0 Å². The molecular weight excluding hydrogens is 292 g/mol. The van der Waals surface area contributed by atoms with E-state index in [-0.39, 0.29) is 0 Å². The van der Waals surface area contributed by atoms with Crippen molar-refractivity contribution in [1.82, 2.24) is 0 Å². The van der Waals surface area contributed by atoms with Crippen molar-refractivity contribution in [2.75, 3.05) is 11.4 Å². The Morgan fingerprint density at radius 3 is 2.75 bits per heavy atom. The molecule has 0 radical (unpaired) electrons. The highest BCUT2D eigenvalue weighted by molar-refractivity contribution is 5.94. The standard InChI is InChI=1S/C22H20N2/c23-16-18-7-3-6-17(14-18)15-20-10-5-13-24(20)22-12-4-9-19-8-1-2-11-21(19)22/h1-4,6-9,11-12,14,20H,5,10,13,15H2. The molecule has 1 fully saturated rings. The van der Waals surface area contributed by atoms with Crippen molar-refractivity contribution in [3.8, 4) is 6.07 Å². The van der Waals surface area contributed by atoms with E-state index in [1.165, 1.54) is 34.9 Å². The summed E-state index contributed by atoms with van der Waals surface area (Å²) in [6.45, 7) is 1.11. The van der Waals surface area contributed by atoms with E-state index in [0.717, 1.165) is 18.5 Å². The van der Waals surface area contributed by atoms with Gasteiger partial charge in [-0.3, -0.25) is 0 Å². The molecule has 0 aromatic heterocycles. The predicted octanol–water partition coefficient (Wildman–Crippen LogP) is 4.92. The maximum Gasteiger partial charge on any atom is 0.0991 e. The Balaban J connectivity index is 1.66. The van der Waals surface area contributed by atoms with Crippen molar-refractivity contribution in [2.24, 2.45) is 0 Å². The van der Waals surface area contributed by atoms with Gasteiger partial charge in [0.25, 0.3) is 0 Å². The zero-order valence-corrected chi connectivity index (χ0v) is 13.7. The fraction of sp³-hybridized carbons (Fsp3) is 0.227. The van der Waals surface area contributed by atoms with Gasteiger partial charge in [-0.05, 0) is 48.4 Å². The van der Waals surface area contributed by atoms with Gasteiger partial charge in [0.05, 0.1) is 11.6 Å². The van der Waals surface area contributed by atoms with Crippen LogP contribution < -0.4 is 4.90 Å². The van der Waals surface area contributed by atoms with Gasteiger partial charge >= 0.3 is 0 Å². The summed E-state index contributed by atoms with van der Waals surface area (Å²) in [6.07, 6.45) is 3.44. The Bertz CT molecular complexity index is 902. The van der Waals surface area contributed by atoms with Crippen molar-refractivity contribution >= 4 is 16.5 Å². The summed E-state index contributed by atoms with van der Waals surface area (Å²) in [5.41, 5.74) is 3.35. The number of rotatable bonds is 3. The third-order valence-electron chi connectivity index (χ3n) is 4.98. The molecule has 1 aliphatic rings. The SMILES string of the molecule is N#Cc1cccc(CC2CCCN2c2cccc3ccccc23)c1.